The van der Waals surface area contributed by atoms with E-state index in [1.54, 1.807) is 18.6 Å². The Labute approximate surface area is 157 Å². The van der Waals surface area contributed by atoms with Gasteiger partial charge in [0, 0.05) is 42.1 Å². The van der Waals surface area contributed by atoms with Gasteiger partial charge in [0.15, 0.2) is 0 Å². The smallest absolute Gasteiger partial charge is 0.227 e. The van der Waals surface area contributed by atoms with Crippen LogP contribution in [0.5, 0.6) is 0 Å². The summed E-state index contributed by atoms with van der Waals surface area (Å²) in [6.45, 7) is 0. The van der Waals surface area contributed by atoms with Crippen LogP contribution in [-0.2, 0) is 6.42 Å². The van der Waals surface area contributed by atoms with Gasteiger partial charge >= 0.3 is 0 Å². The van der Waals surface area contributed by atoms with Crippen molar-refractivity contribution < 1.29 is 0 Å². The molecule has 3 aromatic heterocycles. The maximum atomic E-state index is 4.81. The Morgan fingerprint density at radius 3 is 2.52 bits per heavy atom. The van der Waals surface area contributed by atoms with Crippen molar-refractivity contribution in [1.29, 1.82) is 0 Å². The first-order valence-corrected chi connectivity index (χ1v) is 9.46. The molecule has 136 valence electrons. The molecule has 2 saturated carbocycles. The number of rotatable bonds is 7. The molecular weight excluding hydrogens is 338 g/mol. The van der Waals surface area contributed by atoms with Crippen LogP contribution >= 0.6 is 0 Å². The lowest BCUT2D eigenvalue weighted by molar-refractivity contribution is 0.800. The first-order valence-electron chi connectivity index (χ1n) is 9.46. The Balaban J connectivity index is 1.44. The topological polar surface area (TPSA) is 88.5 Å². The molecule has 7 heteroatoms. The summed E-state index contributed by atoms with van der Waals surface area (Å²) in [6, 6.07) is 6.23. The van der Waals surface area contributed by atoms with Crippen molar-refractivity contribution in [3.63, 3.8) is 0 Å². The number of aromatic nitrogens is 5. The van der Waals surface area contributed by atoms with Crippen LogP contribution < -0.4 is 10.6 Å². The molecule has 0 spiro atoms. The molecule has 7 nitrogen and oxygen atoms in total. The van der Waals surface area contributed by atoms with Crippen molar-refractivity contribution in [2.24, 2.45) is 5.92 Å². The highest BCUT2D eigenvalue weighted by Crippen LogP contribution is 2.35. The molecule has 0 saturated heterocycles. The average Bonchev–Trinajstić information content (AvgIpc) is 3.60. The van der Waals surface area contributed by atoms with Gasteiger partial charge in [-0.15, -0.1) is 0 Å². The van der Waals surface area contributed by atoms with Crippen molar-refractivity contribution in [1.82, 2.24) is 24.9 Å². The van der Waals surface area contributed by atoms with E-state index in [2.05, 4.69) is 30.6 Å². The van der Waals surface area contributed by atoms with Gasteiger partial charge in [-0.05, 0) is 56.2 Å². The lowest BCUT2D eigenvalue weighted by Gasteiger charge is -2.11. The molecule has 5 rings (SSSR count). The molecule has 2 N–H and O–H groups in total. The number of anilines is 3. The summed E-state index contributed by atoms with van der Waals surface area (Å²) in [5, 5.41) is 6.62. The molecule has 0 amide bonds. The van der Waals surface area contributed by atoms with Crippen LogP contribution in [0.2, 0.25) is 0 Å². The quantitative estimate of drug-likeness (QED) is 0.666. The minimum absolute atomic E-state index is 0.542. The molecule has 0 aromatic carbocycles. The van der Waals surface area contributed by atoms with Crippen molar-refractivity contribution >= 4 is 17.6 Å². The summed E-state index contributed by atoms with van der Waals surface area (Å²) in [5.74, 6) is 2.03. The van der Waals surface area contributed by atoms with Crippen LogP contribution in [0.3, 0.4) is 0 Å². The molecule has 0 atom stereocenters. The molecule has 2 aliphatic rings. The van der Waals surface area contributed by atoms with Gasteiger partial charge in [0.1, 0.15) is 0 Å². The molecular formula is C20H21N7. The highest BCUT2D eigenvalue weighted by molar-refractivity contribution is 5.64. The van der Waals surface area contributed by atoms with E-state index in [1.165, 1.54) is 25.7 Å². The van der Waals surface area contributed by atoms with E-state index in [0.29, 0.717) is 12.0 Å². The van der Waals surface area contributed by atoms with Gasteiger partial charge in [-0.1, -0.05) is 0 Å². The van der Waals surface area contributed by atoms with Crippen LogP contribution in [0.15, 0.2) is 43.0 Å². The SMILES string of the molecule is c1cc(Nc2nccc(-c3cnc(NC4CC4)nc3CC3CC3)n2)ccn1. The Morgan fingerprint density at radius 1 is 0.889 bits per heavy atom. The summed E-state index contributed by atoms with van der Waals surface area (Å²) < 4.78 is 0. The maximum absolute atomic E-state index is 4.81. The third-order valence-corrected chi connectivity index (χ3v) is 4.83. The second-order valence-corrected chi connectivity index (χ2v) is 7.25. The first-order chi connectivity index (χ1) is 13.3. The van der Waals surface area contributed by atoms with E-state index in [-0.39, 0.29) is 0 Å². The molecule has 3 aromatic rings. The van der Waals surface area contributed by atoms with E-state index < -0.39 is 0 Å². The minimum atomic E-state index is 0.542. The van der Waals surface area contributed by atoms with Crippen molar-refractivity contribution in [3.8, 4) is 11.3 Å². The van der Waals surface area contributed by atoms with Gasteiger partial charge in [0.25, 0.3) is 0 Å². The third kappa shape index (κ3) is 4.02. The first kappa shape index (κ1) is 16.1. The minimum Gasteiger partial charge on any atom is -0.351 e. The highest BCUT2D eigenvalue weighted by Gasteiger charge is 2.26. The maximum Gasteiger partial charge on any atom is 0.227 e. The lowest BCUT2D eigenvalue weighted by atomic mass is 10.1. The summed E-state index contributed by atoms with van der Waals surface area (Å²) >= 11 is 0. The normalized spacial score (nSPS) is 16.1. The number of nitrogens with one attached hydrogen (secondary N) is 2. The number of nitrogens with zero attached hydrogens (tertiary/aromatic N) is 5. The van der Waals surface area contributed by atoms with Crippen molar-refractivity contribution in [2.45, 2.75) is 38.1 Å². The van der Waals surface area contributed by atoms with E-state index >= 15 is 0 Å². The number of pyridine rings is 1. The van der Waals surface area contributed by atoms with Gasteiger partial charge in [-0.2, -0.15) is 0 Å². The average molecular weight is 359 g/mol. The lowest BCUT2D eigenvalue weighted by Crippen LogP contribution is -2.09. The van der Waals surface area contributed by atoms with Gasteiger partial charge in [0.2, 0.25) is 11.9 Å². The summed E-state index contributed by atoms with van der Waals surface area (Å²) in [6.07, 6.45) is 13.1. The predicted octanol–water partition coefficient (Wildman–Crippen LogP) is 3.60. The zero-order chi connectivity index (χ0) is 18.1. The van der Waals surface area contributed by atoms with E-state index in [0.717, 1.165) is 40.9 Å². The highest BCUT2D eigenvalue weighted by atomic mass is 15.1. The Bertz CT molecular complexity index is 936. The van der Waals surface area contributed by atoms with E-state index in [1.807, 2.05) is 24.4 Å². The number of hydrogen-bond acceptors (Lipinski definition) is 7. The zero-order valence-corrected chi connectivity index (χ0v) is 15.0. The van der Waals surface area contributed by atoms with Crippen LogP contribution in [0, 0.1) is 5.92 Å². The standard InChI is InChI=1S/C20H21N7/c1-2-13(1)11-18-16(12-23-20(27-18)24-14-3-4-14)17-7-10-22-19(26-17)25-15-5-8-21-9-6-15/h5-10,12-14H,1-4,11H2,(H,23,24,27)(H,21,22,25,26). The molecule has 0 unspecified atom stereocenters. The molecule has 0 radical (unpaired) electrons. The zero-order valence-electron chi connectivity index (χ0n) is 15.0. The Kier molecular flexibility index (Phi) is 4.12. The van der Waals surface area contributed by atoms with Crippen LogP contribution in [0.1, 0.15) is 31.4 Å². The van der Waals surface area contributed by atoms with Crippen LogP contribution in [-0.4, -0.2) is 31.0 Å². The van der Waals surface area contributed by atoms with E-state index in [9.17, 15) is 0 Å². The molecule has 2 aliphatic carbocycles. The summed E-state index contributed by atoms with van der Waals surface area (Å²) in [5.41, 5.74) is 3.81. The molecule has 3 heterocycles. The largest absolute Gasteiger partial charge is 0.351 e. The van der Waals surface area contributed by atoms with Crippen molar-refractivity contribution in [2.75, 3.05) is 10.6 Å². The van der Waals surface area contributed by atoms with Gasteiger partial charge < -0.3 is 10.6 Å². The fourth-order valence-corrected chi connectivity index (χ4v) is 3.00. The summed E-state index contributed by atoms with van der Waals surface area (Å²) in [4.78, 5) is 22.4. The second-order valence-electron chi connectivity index (χ2n) is 7.25. The van der Waals surface area contributed by atoms with Gasteiger partial charge in [-0.3, -0.25) is 4.98 Å². The Hall–Kier alpha value is -3.09. The number of hydrogen-bond donors (Lipinski definition) is 2. The molecule has 27 heavy (non-hydrogen) atoms. The molecule has 0 bridgehead atoms. The van der Waals surface area contributed by atoms with Crippen LogP contribution in [0.4, 0.5) is 17.6 Å². The predicted molar refractivity (Wildman–Crippen MR) is 104 cm³/mol. The second kappa shape index (κ2) is 6.90. The molecule has 0 aliphatic heterocycles. The fraction of sp³-hybridized carbons (Fsp3) is 0.350. The fourth-order valence-electron chi connectivity index (χ4n) is 3.00. The third-order valence-electron chi connectivity index (χ3n) is 4.83. The van der Waals surface area contributed by atoms with Gasteiger partial charge in [0.05, 0.1) is 11.4 Å². The van der Waals surface area contributed by atoms with Gasteiger partial charge in [-0.25, -0.2) is 19.9 Å². The van der Waals surface area contributed by atoms with E-state index in [4.69, 9.17) is 4.98 Å². The van der Waals surface area contributed by atoms with Crippen LogP contribution in [0.25, 0.3) is 11.3 Å². The summed E-state index contributed by atoms with van der Waals surface area (Å²) in [7, 11) is 0. The monoisotopic (exact) mass is 359 g/mol. The Morgan fingerprint density at radius 2 is 1.74 bits per heavy atom. The van der Waals surface area contributed by atoms with Crippen molar-refractivity contribution in [3.05, 3.63) is 48.7 Å². The molecule has 2 fully saturated rings.